The minimum Gasteiger partial charge on any atom is -0.469 e. The summed E-state index contributed by atoms with van der Waals surface area (Å²) in [6.07, 6.45) is 0.934. The number of carbonyl (C=O) groups is 2. The van der Waals surface area contributed by atoms with Gasteiger partial charge in [0.15, 0.2) is 0 Å². The summed E-state index contributed by atoms with van der Waals surface area (Å²) >= 11 is 3.35. The van der Waals surface area contributed by atoms with Gasteiger partial charge in [-0.3, -0.25) is 9.59 Å². The number of benzene rings is 1. The molecule has 0 aliphatic rings. The van der Waals surface area contributed by atoms with Gasteiger partial charge in [-0.25, -0.2) is 0 Å². The molecule has 1 aromatic rings. The number of carbonyl (C=O) groups excluding carboxylic acids is 2. The van der Waals surface area contributed by atoms with E-state index >= 15 is 0 Å². The molecule has 0 saturated heterocycles. The van der Waals surface area contributed by atoms with Crippen molar-refractivity contribution in [3.8, 4) is 0 Å². The van der Waals surface area contributed by atoms with Gasteiger partial charge in [-0.2, -0.15) is 0 Å². The highest BCUT2D eigenvalue weighted by Gasteiger charge is 2.18. The summed E-state index contributed by atoms with van der Waals surface area (Å²) in [6, 6.07) is 7.00. The molecule has 0 fully saturated rings. The molecule has 1 unspecified atom stereocenters. The number of halogens is 1. The van der Waals surface area contributed by atoms with Gasteiger partial charge >= 0.3 is 5.97 Å². The Bertz CT molecular complexity index is 461. The van der Waals surface area contributed by atoms with E-state index in [1.165, 1.54) is 7.11 Å². The zero-order chi connectivity index (χ0) is 15.7. The van der Waals surface area contributed by atoms with Gasteiger partial charge in [-0.15, -0.1) is 0 Å². The molecule has 0 aromatic heterocycles. The van der Waals surface area contributed by atoms with Gasteiger partial charge in [0.2, 0.25) is 5.91 Å². The highest BCUT2D eigenvalue weighted by atomic mass is 79.9. The molecule has 1 N–H and O–H groups in total. The van der Waals surface area contributed by atoms with Crippen LogP contribution >= 0.6 is 15.9 Å². The number of hydrogen-bond donors (Lipinski definition) is 1. The Kier molecular flexibility index (Phi) is 8.00. The summed E-state index contributed by atoms with van der Waals surface area (Å²) in [6.45, 7) is 2.50. The SMILES string of the molecule is CCCOCC(=O)NC(CC(=O)OC)c1ccc(Br)cc1. The van der Waals surface area contributed by atoms with E-state index in [1.54, 1.807) is 0 Å². The lowest BCUT2D eigenvalue weighted by Crippen LogP contribution is -2.33. The molecule has 0 aliphatic heterocycles. The van der Waals surface area contributed by atoms with Crippen LogP contribution in [-0.2, 0) is 19.1 Å². The van der Waals surface area contributed by atoms with E-state index in [0.29, 0.717) is 6.61 Å². The minimum absolute atomic E-state index is 0.0119. The molecule has 1 atom stereocenters. The normalized spacial score (nSPS) is 11.8. The number of rotatable bonds is 8. The monoisotopic (exact) mass is 357 g/mol. The van der Waals surface area contributed by atoms with Crippen molar-refractivity contribution in [1.82, 2.24) is 5.32 Å². The zero-order valence-electron chi connectivity index (χ0n) is 12.2. The average Bonchev–Trinajstić information content (AvgIpc) is 2.47. The average molecular weight is 358 g/mol. The van der Waals surface area contributed by atoms with E-state index in [0.717, 1.165) is 16.5 Å². The Hall–Kier alpha value is -1.40. The second-order valence-electron chi connectivity index (χ2n) is 4.50. The molecule has 6 heteroatoms. The van der Waals surface area contributed by atoms with Crippen molar-refractivity contribution in [1.29, 1.82) is 0 Å². The molecule has 1 rings (SSSR count). The number of amides is 1. The van der Waals surface area contributed by atoms with Crippen LogP contribution in [0.4, 0.5) is 0 Å². The molecule has 21 heavy (non-hydrogen) atoms. The van der Waals surface area contributed by atoms with Gasteiger partial charge in [0.25, 0.3) is 0 Å². The van der Waals surface area contributed by atoms with Gasteiger partial charge in [0.1, 0.15) is 6.61 Å². The Balaban J connectivity index is 2.70. The topological polar surface area (TPSA) is 64.6 Å². The Morgan fingerprint density at radius 1 is 1.29 bits per heavy atom. The quantitative estimate of drug-likeness (QED) is 0.573. The van der Waals surface area contributed by atoms with Crippen LogP contribution in [0.5, 0.6) is 0 Å². The van der Waals surface area contributed by atoms with Crippen molar-refractivity contribution in [2.75, 3.05) is 20.3 Å². The van der Waals surface area contributed by atoms with Crippen LogP contribution in [-0.4, -0.2) is 32.2 Å². The Morgan fingerprint density at radius 2 is 1.95 bits per heavy atom. The molecule has 0 radical (unpaired) electrons. The van der Waals surface area contributed by atoms with Gasteiger partial charge < -0.3 is 14.8 Å². The molecule has 0 aliphatic carbocycles. The molecule has 0 heterocycles. The summed E-state index contributed by atoms with van der Waals surface area (Å²) in [5, 5.41) is 2.80. The van der Waals surface area contributed by atoms with Gasteiger partial charge in [0, 0.05) is 11.1 Å². The number of ether oxygens (including phenoxy) is 2. The Morgan fingerprint density at radius 3 is 2.52 bits per heavy atom. The smallest absolute Gasteiger partial charge is 0.307 e. The summed E-state index contributed by atoms with van der Waals surface area (Å²) in [5.74, 6) is -0.627. The number of methoxy groups -OCH3 is 1. The van der Waals surface area contributed by atoms with Crippen molar-refractivity contribution < 1.29 is 19.1 Å². The lowest BCUT2D eigenvalue weighted by Gasteiger charge is -2.18. The lowest BCUT2D eigenvalue weighted by atomic mass is 10.0. The first-order chi connectivity index (χ1) is 10.1. The summed E-state index contributed by atoms with van der Waals surface area (Å²) < 4.78 is 10.8. The van der Waals surface area contributed by atoms with Crippen LogP contribution in [0.3, 0.4) is 0 Å². The molecule has 5 nitrogen and oxygen atoms in total. The second kappa shape index (κ2) is 9.52. The Labute approximate surface area is 133 Å². The van der Waals surface area contributed by atoms with E-state index in [-0.39, 0.29) is 24.9 Å². The molecule has 1 amide bonds. The van der Waals surface area contributed by atoms with Crippen molar-refractivity contribution >= 4 is 27.8 Å². The predicted molar refractivity (Wildman–Crippen MR) is 82.8 cm³/mol. The molecule has 0 bridgehead atoms. The fraction of sp³-hybridized carbons (Fsp3) is 0.467. The van der Waals surface area contributed by atoms with E-state index in [4.69, 9.17) is 4.74 Å². The number of nitrogens with one attached hydrogen (secondary N) is 1. The van der Waals surface area contributed by atoms with Crippen molar-refractivity contribution in [2.24, 2.45) is 0 Å². The van der Waals surface area contributed by atoms with E-state index < -0.39 is 6.04 Å². The largest absolute Gasteiger partial charge is 0.469 e. The second-order valence-corrected chi connectivity index (χ2v) is 5.42. The van der Waals surface area contributed by atoms with Crippen molar-refractivity contribution in [3.63, 3.8) is 0 Å². The van der Waals surface area contributed by atoms with Gasteiger partial charge in [-0.1, -0.05) is 35.0 Å². The number of esters is 1. The van der Waals surface area contributed by atoms with Crippen LogP contribution in [0.15, 0.2) is 28.7 Å². The van der Waals surface area contributed by atoms with Crippen LogP contribution in [0.25, 0.3) is 0 Å². The third-order valence-corrected chi connectivity index (χ3v) is 3.32. The van der Waals surface area contributed by atoms with Crippen LogP contribution in [0.2, 0.25) is 0 Å². The number of hydrogen-bond acceptors (Lipinski definition) is 4. The van der Waals surface area contributed by atoms with Gasteiger partial charge in [-0.05, 0) is 24.1 Å². The summed E-state index contributed by atoms with van der Waals surface area (Å²) in [5.41, 5.74) is 0.840. The third-order valence-electron chi connectivity index (χ3n) is 2.79. The maximum Gasteiger partial charge on any atom is 0.307 e. The van der Waals surface area contributed by atoms with E-state index in [2.05, 4.69) is 26.0 Å². The van der Waals surface area contributed by atoms with Crippen molar-refractivity contribution in [3.05, 3.63) is 34.3 Å². The molecular formula is C15H20BrNO4. The highest BCUT2D eigenvalue weighted by molar-refractivity contribution is 9.10. The maximum absolute atomic E-state index is 11.8. The molecule has 116 valence electrons. The lowest BCUT2D eigenvalue weighted by molar-refractivity contribution is -0.141. The molecular weight excluding hydrogens is 338 g/mol. The standard InChI is InChI=1S/C15H20BrNO4/c1-3-8-21-10-14(18)17-13(9-15(19)20-2)11-4-6-12(16)7-5-11/h4-7,13H,3,8-10H2,1-2H3,(H,17,18). The van der Waals surface area contributed by atoms with Crippen molar-refractivity contribution in [2.45, 2.75) is 25.8 Å². The fourth-order valence-electron chi connectivity index (χ4n) is 1.74. The van der Waals surface area contributed by atoms with Gasteiger partial charge in [0.05, 0.1) is 19.6 Å². The highest BCUT2D eigenvalue weighted by Crippen LogP contribution is 2.20. The first-order valence-electron chi connectivity index (χ1n) is 6.76. The molecule has 0 spiro atoms. The third kappa shape index (κ3) is 6.73. The molecule has 0 saturated carbocycles. The van der Waals surface area contributed by atoms with Crippen LogP contribution in [0, 0.1) is 0 Å². The molecule has 1 aromatic carbocycles. The zero-order valence-corrected chi connectivity index (χ0v) is 13.8. The first kappa shape index (κ1) is 17.7. The van der Waals surface area contributed by atoms with E-state index in [1.807, 2.05) is 31.2 Å². The fourth-order valence-corrected chi connectivity index (χ4v) is 2.01. The predicted octanol–water partition coefficient (Wildman–Crippen LogP) is 2.60. The van der Waals surface area contributed by atoms with Crippen LogP contribution < -0.4 is 5.32 Å². The summed E-state index contributed by atoms with van der Waals surface area (Å²) in [4.78, 5) is 23.3. The minimum atomic E-state index is -0.428. The maximum atomic E-state index is 11.8. The van der Waals surface area contributed by atoms with E-state index in [9.17, 15) is 9.59 Å². The van der Waals surface area contributed by atoms with Crippen LogP contribution in [0.1, 0.15) is 31.4 Å². The first-order valence-corrected chi connectivity index (χ1v) is 7.55. The summed E-state index contributed by atoms with van der Waals surface area (Å²) in [7, 11) is 1.33.